The molecule has 0 unspecified atom stereocenters. The van der Waals surface area contributed by atoms with E-state index in [-0.39, 0.29) is 22.5 Å². The Bertz CT molecular complexity index is 2180. The van der Waals surface area contributed by atoms with Crippen molar-refractivity contribution in [2.45, 2.75) is 38.4 Å². The van der Waals surface area contributed by atoms with Gasteiger partial charge in [-0.15, -0.1) is 5.10 Å². The van der Waals surface area contributed by atoms with Gasteiger partial charge in [0, 0.05) is 40.0 Å². The van der Waals surface area contributed by atoms with E-state index in [1.54, 1.807) is 53.4 Å². The lowest BCUT2D eigenvalue weighted by Gasteiger charge is -2.23. The van der Waals surface area contributed by atoms with E-state index in [0.717, 1.165) is 5.56 Å². The first-order valence-electron chi connectivity index (χ1n) is 14.8. The quantitative estimate of drug-likeness (QED) is 0.205. The number of halogens is 5. The molecule has 12 nitrogen and oxygen atoms in total. The second-order valence-electron chi connectivity index (χ2n) is 11.1. The van der Waals surface area contributed by atoms with Crippen molar-refractivity contribution in [3.63, 3.8) is 0 Å². The van der Waals surface area contributed by atoms with E-state index >= 15 is 0 Å². The summed E-state index contributed by atoms with van der Waals surface area (Å²) in [5.74, 6) is -3.13. The van der Waals surface area contributed by atoms with Gasteiger partial charge in [0.05, 0.1) is 47.3 Å². The zero-order valence-electron chi connectivity index (χ0n) is 25.9. The van der Waals surface area contributed by atoms with E-state index in [0.29, 0.717) is 63.7 Å². The molecule has 3 aromatic heterocycles. The standard InChI is InChI=1S/C31H24Cl2N8O2.C2HF3O2/c1-18-3-2-4-28(26-12-20(9-10-35-26)22-11-19(15-34)5-7-24(22)37-31(18)43)40-17-36-25(14-30(40)42)23-13-21(32)6-8-27(23)41-16-29(33)38-39-41;3-2(4,5)1(6)7/h5-14,16-18,28H,2-4H2,1H3,(H,37,43);(H,6,7)/t18-,28+;/m1./s1. The van der Waals surface area contributed by atoms with Crippen LogP contribution in [0.4, 0.5) is 18.9 Å². The molecule has 1 aliphatic heterocycles. The number of carboxylic acids is 1. The number of alkyl halides is 3. The maximum atomic E-state index is 13.7. The zero-order valence-corrected chi connectivity index (χ0v) is 27.4. The second kappa shape index (κ2) is 14.9. The number of rotatable bonds is 3. The number of amides is 1. The van der Waals surface area contributed by atoms with Gasteiger partial charge in [-0.1, -0.05) is 41.8 Å². The molecule has 0 radical (unpaired) electrons. The Balaban J connectivity index is 0.000000630. The number of hydrogen-bond donors (Lipinski definition) is 2. The molecule has 0 aliphatic carbocycles. The summed E-state index contributed by atoms with van der Waals surface area (Å²) in [6.07, 6.45) is 1.49. The summed E-state index contributed by atoms with van der Waals surface area (Å²) in [6.45, 7) is 1.88. The molecule has 1 amide bonds. The summed E-state index contributed by atoms with van der Waals surface area (Å²) in [6, 6.07) is 17.2. The van der Waals surface area contributed by atoms with E-state index in [1.807, 2.05) is 19.1 Å². The van der Waals surface area contributed by atoms with Gasteiger partial charge in [-0.25, -0.2) is 14.5 Å². The van der Waals surface area contributed by atoms with Crippen LogP contribution < -0.4 is 10.9 Å². The molecule has 0 saturated carbocycles. The fourth-order valence-corrected chi connectivity index (χ4v) is 5.56. The van der Waals surface area contributed by atoms with Crippen LogP contribution in [0.2, 0.25) is 10.2 Å². The molecule has 4 heterocycles. The Labute approximate surface area is 291 Å². The van der Waals surface area contributed by atoms with E-state index in [1.165, 1.54) is 17.1 Å². The predicted octanol–water partition coefficient (Wildman–Crippen LogP) is 6.71. The first-order chi connectivity index (χ1) is 23.7. The van der Waals surface area contributed by atoms with Gasteiger partial charge in [-0.2, -0.15) is 18.4 Å². The molecule has 50 heavy (non-hydrogen) atoms. The Hall–Kier alpha value is -5.59. The number of aliphatic carboxylic acids is 1. The molecule has 17 heteroatoms. The van der Waals surface area contributed by atoms with E-state index in [4.69, 9.17) is 33.1 Å². The maximum absolute atomic E-state index is 13.7. The fourth-order valence-electron chi connectivity index (χ4n) is 5.26. The Morgan fingerprint density at radius 1 is 1.04 bits per heavy atom. The minimum atomic E-state index is -5.08. The van der Waals surface area contributed by atoms with Crippen LogP contribution in [-0.2, 0) is 9.59 Å². The van der Waals surface area contributed by atoms with Gasteiger partial charge in [-0.05, 0) is 66.9 Å². The molecule has 0 fully saturated rings. The summed E-state index contributed by atoms with van der Waals surface area (Å²) in [5.41, 5.74) is 4.53. The molecule has 2 atom stereocenters. The third kappa shape index (κ3) is 8.16. The monoisotopic (exact) mass is 724 g/mol. The van der Waals surface area contributed by atoms with E-state index in [9.17, 15) is 28.0 Å². The van der Waals surface area contributed by atoms with Crippen molar-refractivity contribution in [1.29, 1.82) is 5.26 Å². The topological polar surface area (TPSA) is 169 Å². The van der Waals surface area contributed by atoms with Crippen LogP contribution in [0, 0.1) is 17.2 Å². The van der Waals surface area contributed by atoms with Crippen LogP contribution in [0.5, 0.6) is 0 Å². The zero-order chi connectivity index (χ0) is 36.2. The number of carbonyl (C=O) groups excluding carboxylic acids is 1. The Kier molecular flexibility index (Phi) is 10.6. The van der Waals surface area contributed by atoms with Crippen molar-refractivity contribution in [3.05, 3.63) is 105 Å². The second-order valence-corrected chi connectivity index (χ2v) is 12.0. The Morgan fingerprint density at radius 2 is 1.80 bits per heavy atom. The van der Waals surface area contributed by atoms with Crippen LogP contribution in [0.15, 0.2) is 78.1 Å². The van der Waals surface area contributed by atoms with Gasteiger partial charge in [0.25, 0.3) is 5.56 Å². The van der Waals surface area contributed by atoms with Crippen molar-refractivity contribution in [3.8, 4) is 34.1 Å². The number of hydrogen-bond acceptors (Lipinski definition) is 8. The number of benzene rings is 2. The van der Waals surface area contributed by atoms with Crippen LogP contribution in [-0.4, -0.2) is 52.7 Å². The van der Waals surface area contributed by atoms with Gasteiger partial charge in [0.15, 0.2) is 5.15 Å². The van der Waals surface area contributed by atoms with Crippen molar-refractivity contribution in [1.82, 2.24) is 29.5 Å². The number of carbonyl (C=O) groups is 2. The summed E-state index contributed by atoms with van der Waals surface area (Å²) in [5, 5.41) is 28.3. The van der Waals surface area contributed by atoms with Crippen molar-refractivity contribution < 1.29 is 27.9 Å². The van der Waals surface area contributed by atoms with Crippen molar-refractivity contribution in [2.75, 3.05) is 5.32 Å². The summed E-state index contributed by atoms with van der Waals surface area (Å²) in [7, 11) is 0. The molecule has 2 bridgehead atoms. The van der Waals surface area contributed by atoms with Gasteiger partial charge >= 0.3 is 12.1 Å². The molecule has 6 rings (SSSR count). The number of nitriles is 1. The summed E-state index contributed by atoms with van der Waals surface area (Å²) >= 11 is 12.3. The van der Waals surface area contributed by atoms with Crippen LogP contribution in [0.25, 0.3) is 28.1 Å². The third-order valence-corrected chi connectivity index (χ3v) is 8.17. The highest BCUT2D eigenvalue weighted by Gasteiger charge is 2.38. The van der Waals surface area contributed by atoms with Gasteiger partial charge in [-0.3, -0.25) is 19.1 Å². The third-order valence-electron chi connectivity index (χ3n) is 7.76. The number of aromatic nitrogens is 6. The molecule has 2 aromatic carbocycles. The lowest BCUT2D eigenvalue weighted by Crippen LogP contribution is -2.27. The highest BCUT2D eigenvalue weighted by atomic mass is 35.5. The van der Waals surface area contributed by atoms with Crippen molar-refractivity contribution in [2.24, 2.45) is 5.92 Å². The molecule has 0 saturated heterocycles. The molecular formula is C33H25Cl2F3N8O4. The number of fused-ring (bicyclic) bond motifs is 4. The lowest BCUT2D eigenvalue weighted by molar-refractivity contribution is -0.192. The molecule has 2 N–H and O–H groups in total. The van der Waals surface area contributed by atoms with Crippen LogP contribution >= 0.6 is 23.2 Å². The number of nitrogens with zero attached hydrogens (tertiary/aromatic N) is 7. The molecular weight excluding hydrogens is 700 g/mol. The molecule has 0 spiro atoms. The van der Waals surface area contributed by atoms with Crippen LogP contribution in [0.3, 0.4) is 0 Å². The van der Waals surface area contributed by atoms with Crippen LogP contribution in [0.1, 0.15) is 43.5 Å². The number of pyridine rings is 1. The highest BCUT2D eigenvalue weighted by Crippen LogP contribution is 2.34. The van der Waals surface area contributed by atoms with Gasteiger partial charge < -0.3 is 10.4 Å². The number of anilines is 1. The largest absolute Gasteiger partial charge is 0.490 e. The lowest BCUT2D eigenvalue weighted by atomic mass is 9.95. The number of carboxylic acid groups (broad SMARTS) is 1. The molecule has 256 valence electrons. The SMILES string of the molecule is C[C@@H]1CCC[C@H](n2cnc(-c3cc(Cl)ccc3-n3cc(Cl)nn3)cc2=O)c2cc(ccn2)-c2cc(C#N)ccc2NC1=O.O=C(O)C(F)(F)F. The maximum Gasteiger partial charge on any atom is 0.490 e. The highest BCUT2D eigenvalue weighted by molar-refractivity contribution is 6.31. The Morgan fingerprint density at radius 3 is 2.46 bits per heavy atom. The normalized spacial score (nSPS) is 16.0. The summed E-state index contributed by atoms with van der Waals surface area (Å²) < 4.78 is 34.8. The first-order valence-corrected chi connectivity index (χ1v) is 15.6. The first kappa shape index (κ1) is 35.7. The average Bonchev–Trinajstić information content (AvgIpc) is 3.52. The van der Waals surface area contributed by atoms with E-state index in [2.05, 4.69) is 31.7 Å². The fraction of sp³-hybridized carbons (Fsp3) is 0.212. The molecule has 5 aromatic rings. The molecule has 1 aliphatic rings. The van der Waals surface area contributed by atoms with Gasteiger partial charge in [0.1, 0.15) is 0 Å². The van der Waals surface area contributed by atoms with E-state index < -0.39 is 18.2 Å². The predicted molar refractivity (Wildman–Crippen MR) is 177 cm³/mol. The number of nitrogens with one attached hydrogen (secondary N) is 1. The average molecular weight is 726 g/mol. The smallest absolute Gasteiger partial charge is 0.475 e. The van der Waals surface area contributed by atoms with Crippen molar-refractivity contribution >= 4 is 40.8 Å². The minimum Gasteiger partial charge on any atom is -0.475 e. The minimum absolute atomic E-state index is 0.105. The van der Waals surface area contributed by atoms with Gasteiger partial charge in [0.2, 0.25) is 5.91 Å². The summed E-state index contributed by atoms with van der Waals surface area (Å²) in [4.78, 5) is 44.9.